The number of anilines is 2. The summed E-state index contributed by atoms with van der Waals surface area (Å²) >= 11 is 0. The van der Waals surface area contributed by atoms with E-state index < -0.39 is 24.5 Å². The summed E-state index contributed by atoms with van der Waals surface area (Å²) in [7, 11) is 0. The quantitative estimate of drug-likeness (QED) is 0.649. The fraction of sp³-hybridized carbons (Fsp3) is 0.286. The van der Waals surface area contributed by atoms with E-state index in [4.69, 9.17) is 0 Å². The normalized spacial score (nSPS) is 14.0. The third-order valence-electron chi connectivity index (χ3n) is 4.94. The Balaban J connectivity index is 1.56. The number of nitrogens with zero attached hydrogens (tertiary/aromatic N) is 2. The lowest BCUT2D eigenvalue weighted by atomic mass is 10.1. The number of hydrogen-bond donors (Lipinski definition) is 2. The van der Waals surface area contributed by atoms with E-state index in [1.807, 2.05) is 0 Å². The second kappa shape index (κ2) is 7.47. The van der Waals surface area contributed by atoms with Crippen molar-refractivity contribution >= 4 is 34.2 Å². The number of amides is 2. The summed E-state index contributed by atoms with van der Waals surface area (Å²) in [5.41, 5.74) is 2.06. The van der Waals surface area contributed by atoms with Crippen LogP contribution in [-0.2, 0) is 22.3 Å². The number of halogens is 3. The lowest BCUT2D eigenvalue weighted by Gasteiger charge is -2.14. The van der Waals surface area contributed by atoms with Crippen LogP contribution in [0.3, 0.4) is 0 Å². The fourth-order valence-corrected chi connectivity index (χ4v) is 3.21. The van der Waals surface area contributed by atoms with Crippen LogP contribution in [0.15, 0.2) is 42.5 Å². The number of carbonyl (C=O) groups excluding carboxylic acids is 2. The molecule has 1 aliphatic rings. The smallest absolute Gasteiger partial charge is 0.326 e. The number of fused-ring (bicyclic) bond motifs is 1. The molecule has 3 aromatic rings. The Morgan fingerprint density at radius 2 is 1.87 bits per heavy atom. The van der Waals surface area contributed by atoms with Crippen LogP contribution in [-0.4, -0.2) is 21.4 Å². The maximum absolute atomic E-state index is 13.4. The number of aryl methyl sites for hydroxylation is 1. The molecule has 1 aromatic heterocycles. The number of aromatic nitrogens is 2. The average molecular weight is 416 g/mol. The Hall–Kier alpha value is -3.36. The van der Waals surface area contributed by atoms with E-state index in [0.29, 0.717) is 11.4 Å². The Morgan fingerprint density at radius 1 is 1.13 bits per heavy atom. The first-order chi connectivity index (χ1) is 14.2. The highest BCUT2D eigenvalue weighted by Gasteiger charge is 2.38. The molecule has 0 aliphatic heterocycles. The first-order valence-corrected chi connectivity index (χ1v) is 9.46. The van der Waals surface area contributed by atoms with Gasteiger partial charge in [-0.15, -0.1) is 0 Å². The van der Waals surface area contributed by atoms with Crippen LogP contribution < -0.4 is 10.6 Å². The van der Waals surface area contributed by atoms with Crippen molar-refractivity contribution in [1.82, 2.24) is 9.55 Å². The minimum Gasteiger partial charge on any atom is -0.326 e. The van der Waals surface area contributed by atoms with Crippen molar-refractivity contribution in [3.63, 3.8) is 0 Å². The van der Waals surface area contributed by atoms with E-state index in [0.717, 1.165) is 23.0 Å². The van der Waals surface area contributed by atoms with Crippen LogP contribution in [0, 0.1) is 12.8 Å². The second-order valence-electron chi connectivity index (χ2n) is 7.35. The van der Waals surface area contributed by atoms with Gasteiger partial charge in [-0.25, -0.2) is 4.98 Å². The van der Waals surface area contributed by atoms with Gasteiger partial charge in [0.05, 0.1) is 11.0 Å². The second-order valence-corrected chi connectivity index (χ2v) is 7.35. The standard InChI is InChI=1S/C21H19F3N4O2/c1-12-6-9-14(25-19(30)13-7-8-13)10-16(12)26-18(29)11-28-17-5-3-2-4-15(17)27-20(28)21(22,23)24/h2-6,9-10,13H,7-8,11H2,1H3,(H,25,30)(H,26,29). The molecule has 0 spiro atoms. The Kier molecular flexibility index (Phi) is 4.97. The molecule has 0 bridgehead atoms. The maximum atomic E-state index is 13.4. The number of alkyl halides is 3. The van der Waals surface area contributed by atoms with E-state index in [1.54, 1.807) is 37.3 Å². The summed E-state index contributed by atoms with van der Waals surface area (Å²) in [4.78, 5) is 28.2. The zero-order valence-corrected chi connectivity index (χ0v) is 16.1. The molecule has 1 saturated carbocycles. The van der Waals surface area contributed by atoms with E-state index in [2.05, 4.69) is 15.6 Å². The number of carbonyl (C=O) groups is 2. The SMILES string of the molecule is Cc1ccc(NC(=O)C2CC2)cc1NC(=O)Cn1c(C(F)(F)F)nc2ccccc21. The Labute approximate surface area is 170 Å². The molecule has 9 heteroatoms. The van der Waals surface area contributed by atoms with Crippen LogP contribution in [0.1, 0.15) is 24.2 Å². The van der Waals surface area contributed by atoms with Gasteiger partial charge in [-0.3, -0.25) is 9.59 Å². The largest absolute Gasteiger partial charge is 0.449 e. The number of hydrogen-bond acceptors (Lipinski definition) is 3. The van der Waals surface area contributed by atoms with Crippen molar-refractivity contribution < 1.29 is 22.8 Å². The number of imidazole rings is 1. The number of para-hydroxylation sites is 2. The van der Waals surface area contributed by atoms with Crippen molar-refractivity contribution in [2.45, 2.75) is 32.5 Å². The topological polar surface area (TPSA) is 76.0 Å². The van der Waals surface area contributed by atoms with Crippen LogP contribution in [0.5, 0.6) is 0 Å². The molecule has 4 rings (SSSR count). The number of rotatable bonds is 5. The summed E-state index contributed by atoms with van der Waals surface area (Å²) in [6.45, 7) is 1.21. The van der Waals surface area contributed by atoms with Crippen LogP contribution >= 0.6 is 0 Å². The third kappa shape index (κ3) is 4.14. The van der Waals surface area contributed by atoms with Gasteiger partial charge in [-0.2, -0.15) is 13.2 Å². The summed E-state index contributed by atoms with van der Waals surface area (Å²) < 4.78 is 41.1. The molecular weight excluding hydrogens is 397 g/mol. The highest BCUT2D eigenvalue weighted by molar-refractivity contribution is 5.96. The maximum Gasteiger partial charge on any atom is 0.449 e. The molecule has 156 valence electrons. The number of benzene rings is 2. The first kappa shape index (κ1) is 19.9. The molecule has 2 N–H and O–H groups in total. The van der Waals surface area contributed by atoms with Crippen LogP contribution in [0.25, 0.3) is 11.0 Å². The molecule has 30 heavy (non-hydrogen) atoms. The van der Waals surface area contributed by atoms with Crippen LogP contribution in [0.2, 0.25) is 0 Å². The van der Waals surface area contributed by atoms with E-state index in [9.17, 15) is 22.8 Å². The van der Waals surface area contributed by atoms with Gasteiger partial charge < -0.3 is 15.2 Å². The molecule has 0 saturated heterocycles. The van der Waals surface area contributed by atoms with Crippen molar-refractivity contribution in [2.24, 2.45) is 5.92 Å². The van der Waals surface area contributed by atoms with Crippen molar-refractivity contribution in [2.75, 3.05) is 10.6 Å². The summed E-state index contributed by atoms with van der Waals surface area (Å²) in [5, 5.41) is 5.43. The van der Waals surface area contributed by atoms with Gasteiger partial charge in [-0.1, -0.05) is 18.2 Å². The summed E-state index contributed by atoms with van der Waals surface area (Å²) in [6.07, 6.45) is -2.97. The van der Waals surface area contributed by atoms with Gasteiger partial charge in [0.2, 0.25) is 17.6 Å². The fourth-order valence-electron chi connectivity index (χ4n) is 3.21. The molecule has 2 amide bonds. The van der Waals surface area contributed by atoms with Gasteiger partial charge in [0.15, 0.2) is 0 Å². The number of nitrogens with one attached hydrogen (secondary N) is 2. The average Bonchev–Trinajstić information content (AvgIpc) is 3.46. The molecule has 6 nitrogen and oxygen atoms in total. The highest BCUT2D eigenvalue weighted by atomic mass is 19.4. The minimum absolute atomic E-state index is 0.0275. The highest BCUT2D eigenvalue weighted by Crippen LogP contribution is 2.32. The van der Waals surface area contributed by atoms with Gasteiger partial charge in [0.1, 0.15) is 6.54 Å². The predicted octanol–water partition coefficient (Wildman–Crippen LogP) is 4.35. The van der Waals surface area contributed by atoms with Gasteiger partial charge in [0.25, 0.3) is 0 Å². The lowest BCUT2D eigenvalue weighted by Crippen LogP contribution is -2.23. The molecule has 1 aliphatic carbocycles. The molecule has 1 fully saturated rings. The zero-order chi connectivity index (χ0) is 21.5. The molecule has 2 aromatic carbocycles. The Morgan fingerprint density at radius 3 is 2.57 bits per heavy atom. The van der Waals surface area contributed by atoms with Gasteiger partial charge in [0, 0.05) is 17.3 Å². The van der Waals surface area contributed by atoms with Gasteiger partial charge in [-0.05, 0) is 49.6 Å². The van der Waals surface area contributed by atoms with E-state index >= 15 is 0 Å². The zero-order valence-electron chi connectivity index (χ0n) is 16.1. The first-order valence-electron chi connectivity index (χ1n) is 9.46. The van der Waals surface area contributed by atoms with Crippen LogP contribution in [0.4, 0.5) is 24.5 Å². The minimum atomic E-state index is -4.69. The summed E-state index contributed by atoms with van der Waals surface area (Å²) in [5.74, 6) is -1.80. The lowest BCUT2D eigenvalue weighted by molar-refractivity contribution is -0.147. The molecular formula is C21H19F3N4O2. The van der Waals surface area contributed by atoms with Gasteiger partial charge >= 0.3 is 6.18 Å². The molecule has 0 atom stereocenters. The van der Waals surface area contributed by atoms with E-state index in [1.165, 1.54) is 12.1 Å². The van der Waals surface area contributed by atoms with Crippen molar-refractivity contribution in [1.29, 1.82) is 0 Å². The third-order valence-corrected chi connectivity index (χ3v) is 4.94. The molecule has 0 radical (unpaired) electrons. The predicted molar refractivity (Wildman–Crippen MR) is 106 cm³/mol. The Bertz CT molecular complexity index is 1130. The molecule has 1 heterocycles. The van der Waals surface area contributed by atoms with Crippen molar-refractivity contribution in [3.8, 4) is 0 Å². The monoisotopic (exact) mass is 416 g/mol. The van der Waals surface area contributed by atoms with Crippen molar-refractivity contribution in [3.05, 3.63) is 53.9 Å². The van der Waals surface area contributed by atoms with E-state index in [-0.39, 0.29) is 22.9 Å². The summed E-state index contributed by atoms with van der Waals surface area (Å²) in [6, 6.07) is 11.2. The molecule has 0 unspecified atom stereocenters.